The van der Waals surface area contributed by atoms with Gasteiger partial charge in [-0.05, 0) is 25.0 Å². The molecule has 0 spiro atoms. The number of pyridine rings is 1. The Morgan fingerprint density at radius 3 is 2.80 bits per heavy atom. The van der Waals surface area contributed by atoms with E-state index < -0.39 is 0 Å². The number of nitrogens with zero attached hydrogens (tertiary/aromatic N) is 2. The van der Waals surface area contributed by atoms with Crippen LogP contribution in [0.2, 0.25) is 0 Å². The molecule has 0 saturated carbocycles. The maximum absolute atomic E-state index is 12.4. The van der Waals surface area contributed by atoms with Crippen LogP contribution in [0.3, 0.4) is 0 Å². The van der Waals surface area contributed by atoms with Gasteiger partial charge in [-0.1, -0.05) is 20.3 Å². The van der Waals surface area contributed by atoms with E-state index in [0.29, 0.717) is 18.7 Å². The lowest BCUT2D eigenvalue weighted by atomic mass is 10.2. The van der Waals surface area contributed by atoms with Crippen LogP contribution in [0.5, 0.6) is 0 Å². The molecule has 1 heterocycles. The zero-order valence-electron chi connectivity index (χ0n) is 12.4. The summed E-state index contributed by atoms with van der Waals surface area (Å²) in [6, 6.07) is 3.49. The summed E-state index contributed by atoms with van der Waals surface area (Å²) in [6.07, 6.45) is 4.61. The SMILES string of the molecule is CCCCN(CCO)C(=O)c1ccnc(NCCC)c1. The Balaban J connectivity index is 2.76. The Hall–Kier alpha value is -1.62. The molecule has 0 radical (unpaired) electrons. The zero-order valence-corrected chi connectivity index (χ0v) is 12.4. The van der Waals surface area contributed by atoms with Gasteiger partial charge in [-0.3, -0.25) is 4.79 Å². The molecule has 1 aromatic heterocycles. The fourth-order valence-corrected chi connectivity index (χ4v) is 1.88. The van der Waals surface area contributed by atoms with Gasteiger partial charge in [0, 0.05) is 31.4 Å². The molecular weight excluding hydrogens is 254 g/mol. The Bertz CT molecular complexity index is 410. The van der Waals surface area contributed by atoms with Gasteiger partial charge in [0.2, 0.25) is 0 Å². The minimum Gasteiger partial charge on any atom is -0.395 e. The van der Waals surface area contributed by atoms with Crippen molar-refractivity contribution in [2.75, 3.05) is 31.6 Å². The first kappa shape index (κ1) is 16.4. The van der Waals surface area contributed by atoms with E-state index in [-0.39, 0.29) is 12.5 Å². The molecule has 0 bridgehead atoms. The van der Waals surface area contributed by atoms with Gasteiger partial charge in [-0.2, -0.15) is 0 Å². The van der Waals surface area contributed by atoms with Crippen LogP contribution in [0.1, 0.15) is 43.5 Å². The van der Waals surface area contributed by atoms with Crippen molar-refractivity contribution in [2.24, 2.45) is 0 Å². The maximum atomic E-state index is 12.4. The highest BCUT2D eigenvalue weighted by molar-refractivity contribution is 5.94. The van der Waals surface area contributed by atoms with E-state index >= 15 is 0 Å². The molecule has 0 saturated heterocycles. The van der Waals surface area contributed by atoms with Gasteiger partial charge >= 0.3 is 0 Å². The first-order chi connectivity index (χ1) is 9.72. The number of amides is 1. The van der Waals surface area contributed by atoms with Gasteiger partial charge in [0.05, 0.1) is 6.61 Å². The van der Waals surface area contributed by atoms with E-state index in [1.807, 2.05) is 0 Å². The second-order valence-corrected chi connectivity index (χ2v) is 4.73. The first-order valence-corrected chi connectivity index (χ1v) is 7.33. The second kappa shape index (κ2) is 9.31. The standard InChI is InChI=1S/C15H25N3O2/c1-3-5-9-18(10-11-19)15(20)13-6-8-17-14(12-13)16-7-4-2/h6,8,12,19H,3-5,7,9-11H2,1-2H3,(H,16,17). The lowest BCUT2D eigenvalue weighted by Crippen LogP contribution is -2.34. The molecule has 0 aromatic carbocycles. The van der Waals surface area contributed by atoms with Crippen LogP contribution >= 0.6 is 0 Å². The summed E-state index contributed by atoms with van der Waals surface area (Å²) in [5, 5.41) is 12.3. The fourth-order valence-electron chi connectivity index (χ4n) is 1.88. The molecule has 5 nitrogen and oxygen atoms in total. The molecule has 0 fully saturated rings. The van der Waals surface area contributed by atoms with Crippen LogP contribution in [0.15, 0.2) is 18.3 Å². The second-order valence-electron chi connectivity index (χ2n) is 4.73. The highest BCUT2D eigenvalue weighted by Crippen LogP contribution is 2.10. The summed E-state index contributed by atoms with van der Waals surface area (Å²) >= 11 is 0. The molecule has 0 atom stereocenters. The van der Waals surface area contributed by atoms with Crippen molar-refractivity contribution < 1.29 is 9.90 Å². The molecule has 20 heavy (non-hydrogen) atoms. The van der Waals surface area contributed by atoms with Crippen LogP contribution < -0.4 is 5.32 Å². The predicted molar refractivity (Wildman–Crippen MR) is 80.9 cm³/mol. The third-order valence-electron chi connectivity index (χ3n) is 3.00. The number of anilines is 1. The monoisotopic (exact) mass is 279 g/mol. The van der Waals surface area contributed by atoms with Crippen molar-refractivity contribution in [3.8, 4) is 0 Å². The third kappa shape index (κ3) is 5.17. The molecule has 0 aliphatic carbocycles. The lowest BCUT2D eigenvalue weighted by molar-refractivity contribution is 0.0719. The fraction of sp³-hybridized carbons (Fsp3) is 0.600. The number of aliphatic hydroxyl groups is 1. The van der Waals surface area contributed by atoms with Gasteiger partial charge in [0.25, 0.3) is 5.91 Å². The summed E-state index contributed by atoms with van der Waals surface area (Å²) in [5.41, 5.74) is 0.614. The van der Waals surface area contributed by atoms with E-state index in [4.69, 9.17) is 5.11 Å². The van der Waals surface area contributed by atoms with Gasteiger partial charge in [0.15, 0.2) is 0 Å². The lowest BCUT2D eigenvalue weighted by Gasteiger charge is -2.21. The molecule has 1 amide bonds. The number of aliphatic hydroxyl groups excluding tert-OH is 1. The Morgan fingerprint density at radius 1 is 1.35 bits per heavy atom. The van der Waals surface area contributed by atoms with Crippen LogP contribution in [0.25, 0.3) is 0 Å². The molecule has 0 unspecified atom stereocenters. The van der Waals surface area contributed by atoms with Crippen LogP contribution in [-0.2, 0) is 0 Å². The van der Waals surface area contributed by atoms with E-state index in [9.17, 15) is 4.79 Å². The smallest absolute Gasteiger partial charge is 0.254 e. The number of nitrogens with one attached hydrogen (secondary N) is 1. The zero-order chi connectivity index (χ0) is 14.8. The molecule has 2 N–H and O–H groups in total. The van der Waals surface area contributed by atoms with Crippen LogP contribution in [0.4, 0.5) is 5.82 Å². The van der Waals surface area contributed by atoms with E-state index in [2.05, 4.69) is 24.1 Å². The topological polar surface area (TPSA) is 65.5 Å². The van der Waals surface area contributed by atoms with E-state index in [0.717, 1.165) is 31.6 Å². The first-order valence-electron chi connectivity index (χ1n) is 7.33. The van der Waals surface area contributed by atoms with E-state index in [1.165, 1.54) is 0 Å². The van der Waals surface area contributed by atoms with Gasteiger partial charge in [-0.25, -0.2) is 4.98 Å². The average Bonchev–Trinajstić information content (AvgIpc) is 2.49. The quantitative estimate of drug-likeness (QED) is 0.727. The number of carbonyl (C=O) groups is 1. The van der Waals surface area contributed by atoms with Crippen LogP contribution in [-0.4, -0.2) is 47.1 Å². The molecule has 1 rings (SSSR count). The molecule has 0 aliphatic heterocycles. The van der Waals surface area contributed by atoms with Crippen molar-refractivity contribution in [1.29, 1.82) is 0 Å². The number of carbonyl (C=O) groups excluding carboxylic acids is 1. The van der Waals surface area contributed by atoms with Crippen molar-refractivity contribution in [3.63, 3.8) is 0 Å². The van der Waals surface area contributed by atoms with Crippen molar-refractivity contribution >= 4 is 11.7 Å². The minimum absolute atomic E-state index is 0.0124. The minimum atomic E-state index is -0.0468. The Morgan fingerprint density at radius 2 is 2.15 bits per heavy atom. The third-order valence-corrected chi connectivity index (χ3v) is 3.00. The van der Waals surface area contributed by atoms with Gasteiger partial charge in [-0.15, -0.1) is 0 Å². The number of hydrogen-bond acceptors (Lipinski definition) is 4. The molecule has 0 aliphatic rings. The number of unbranched alkanes of at least 4 members (excludes halogenated alkanes) is 1. The summed E-state index contributed by atoms with van der Waals surface area (Å²) in [7, 11) is 0. The Labute approximate surface area is 121 Å². The van der Waals surface area contributed by atoms with Crippen molar-refractivity contribution in [2.45, 2.75) is 33.1 Å². The summed E-state index contributed by atoms with van der Waals surface area (Å²) < 4.78 is 0. The Kier molecular flexibility index (Phi) is 7.65. The maximum Gasteiger partial charge on any atom is 0.254 e. The van der Waals surface area contributed by atoms with Crippen LogP contribution in [0, 0.1) is 0 Å². The molecule has 1 aromatic rings. The molecule has 112 valence electrons. The number of aromatic nitrogens is 1. The highest BCUT2D eigenvalue weighted by Gasteiger charge is 2.15. The predicted octanol–water partition coefficient (Wildman–Crippen LogP) is 2.14. The van der Waals surface area contributed by atoms with Crippen molar-refractivity contribution in [3.05, 3.63) is 23.9 Å². The molecule has 5 heteroatoms. The summed E-state index contributed by atoms with van der Waals surface area (Å²) in [6.45, 7) is 6.04. The van der Waals surface area contributed by atoms with Gasteiger partial charge < -0.3 is 15.3 Å². The largest absolute Gasteiger partial charge is 0.395 e. The average molecular weight is 279 g/mol. The summed E-state index contributed by atoms with van der Waals surface area (Å²) in [4.78, 5) is 18.3. The number of hydrogen-bond donors (Lipinski definition) is 2. The van der Waals surface area contributed by atoms with Crippen molar-refractivity contribution in [1.82, 2.24) is 9.88 Å². The highest BCUT2D eigenvalue weighted by atomic mass is 16.3. The summed E-state index contributed by atoms with van der Waals surface area (Å²) in [5.74, 6) is 0.673. The van der Waals surface area contributed by atoms with Gasteiger partial charge in [0.1, 0.15) is 5.82 Å². The van der Waals surface area contributed by atoms with E-state index in [1.54, 1.807) is 23.2 Å². The normalized spacial score (nSPS) is 10.3. The molecular formula is C15H25N3O2. The number of rotatable bonds is 9.